The average molecular weight is 248 g/mol. The summed E-state index contributed by atoms with van der Waals surface area (Å²) in [6, 6.07) is 10.1. The molecule has 1 aromatic rings. The topological polar surface area (TPSA) is 35.5 Å². The Labute approximate surface area is 108 Å². The maximum Gasteiger partial charge on any atom is 0.302 e. The van der Waals surface area contributed by atoms with Crippen LogP contribution in [0.15, 0.2) is 42.5 Å². The number of benzene rings is 1. The normalized spacial score (nSPS) is 10.7. The molecule has 0 unspecified atom stereocenters. The quantitative estimate of drug-likeness (QED) is 0.403. The van der Waals surface area contributed by atoms with E-state index in [0.717, 1.165) is 12.8 Å². The van der Waals surface area contributed by atoms with Crippen LogP contribution in [-0.4, -0.2) is 19.2 Å². The summed E-state index contributed by atoms with van der Waals surface area (Å²) in [7, 11) is 0. The van der Waals surface area contributed by atoms with Crippen molar-refractivity contribution in [3.05, 3.63) is 48.0 Å². The predicted octanol–water partition coefficient (Wildman–Crippen LogP) is 3.10. The number of hydrogen-bond acceptors (Lipinski definition) is 3. The van der Waals surface area contributed by atoms with Crippen LogP contribution in [-0.2, 0) is 20.9 Å². The van der Waals surface area contributed by atoms with Crippen molar-refractivity contribution in [2.24, 2.45) is 0 Å². The van der Waals surface area contributed by atoms with Crippen LogP contribution in [0.25, 0.3) is 0 Å². The maximum absolute atomic E-state index is 10.5. The standard InChI is InChI=1S/C15H20O3/c1-14(16)18-12-8-3-2-7-11-17-13-15-9-5-4-6-10-15/h2-6,9-10H,7-8,11-13H2,1H3. The van der Waals surface area contributed by atoms with Gasteiger partial charge in [0, 0.05) is 6.92 Å². The predicted molar refractivity (Wildman–Crippen MR) is 71.1 cm³/mol. The third-order valence-corrected chi connectivity index (χ3v) is 2.30. The summed E-state index contributed by atoms with van der Waals surface area (Å²) in [5.41, 5.74) is 1.19. The molecule has 0 amide bonds. The molecule has 3 nitrogen and oxygen atoms in total. The third-order valence-electron chi connectivity index (χ3n) is 2.30. The number of esters is 1. The summed E-state index contributed by atoms with van der Waals surface area (Å²) >= 11 is 0. The molecule has 0 saturated heterocycles. The molecule has 0 radical (unpaired) electrons. The van der Waals surface area contributed by atoms with E-state index >= 15 is 0 Å². The Morgan fingerprint density at radius 3 is 2.44 bits per heavy atom. The molecule has 0 atom stereocenters. The third kappa shape index (κ3) is 7.63. The molecule has 98 valence electrons. The van der Waals surface area contributed by atoms with Gasteiger partial charge in [-0.2, -0.15) is 0 Å². The highest BCUT2D eigenvalue weighted by Crippen LogP contribution is 2.01. The molecule has 0 aliphatic heterocycles. The first kappa shape index (κ1) is 14.5. The average Bonchev–Trinajstić information content (AvgIpc) is 2.37. The first-order valence-electron chi connectivity index (χ1n) is 6.19. The fourth-order valence-corrected chi connectivity index (χ4v) is 1.42. The molecular formula is C15H20O3. The number of hydrogen-bond donors (Lipinski definition) is 0. The van der Waals surface area contributed by atoms with Crippen molar-refractivity contribution >= 4 is 5.97 Å². The highest BCUT2D eigenvalue weighted by Gasteiger charge is 1.91. The van der Waals surface area contributed by atoms with Crippen LogP contribution in [0.4, 0.5) is 0 Å². The zero-order valence-electron chi connectivity index (χ0n) is 10.8. The van der Waals surface area contributed by atoms with Gasteiger partial charge < -0.3 is 9.47 Å². The van der Waals surface area contributed by atoms with Gasteiger partial charge >= 0.3 is 5.97 Å². The van der Waals surface area contributed by atoms with Crippen LogP contribution < -0.4 is 0 Å². The molecular weight excluding hydrogens is 228 g/mol. The van der Waals surface area contributed by atoms with Crippen LogP contribution in [0.1, 0.15) is 25.3 Å². The van der Waals surface area contributed by atoms with Crippen LogP contribution >= 0.6 is 0 Å². The van der Waals surface area contributed by atoms with E-state index in [4.69, 9.17) is 9.47 Å². The molecule has 0 bridgehead atoms. The number of rotatable bonds is 8. The van der Waals surface area contributed by atoms with E-state index in [1.54, 1.807) is 0 Å². The molecule has 18 heavy (non-hydrogen) atoms. The van der Waals surface area contributed by atoms with Gasteiger partial charge in [0.05, 0.1) is 19.8 Å². The molecule has 0 N–H and O–H groups in total. The minimum Gasteiger partial charge on any atom is -0.466 e. The van der Waals surface area contributed by atoms with Gasteiger partial charge in [0.2, 0.25) is 0 Å². The Morgan fingerprint density at radius 1 is 1.11 bits per heavy atom. The zero-order valence-corrected chi connectivity index (χ0v) is 10.8. The largest absolute Gasteiger partial charge is 0.466 e. The maximum atomic E-state index is 10.5. The van der Waals surface area contributed by atoms with Crippen molar-refractivity contribution in [2.45, 2.75) is 26.4 Å². The lowest BCUT2D eigenvalue weighted by atomic mass is 10.2. The first-order chi connectivity index (χ1) is 8.79. The van der Waals surface area contributed by atoms with Gasteiger partial charge in [0.15, 0.2) is 0 Å². The van der Waals surface area contributed by atoms with Crippen molar-refractivity contribution in [3.8, 4) is 0 Å². The van der Waals surface area contributed by atoms with Crippen molar-refractivity contribution in [1.82, 2.24) is 0 Å². The van der Waals surface area contributed by atoms with Gasteiger partial charge in [0.1, 0.15) is 0 Å². The molecule has 0 spiro atoms. The molecule has 1 aromatic carbocycles. The van der Waals surface area contributed by atoms with Gasteiger partial charge in [-0.3, -0.25) is 4.79 Å². The Hall–Kier alpha value is -1.61. The summed E-state index contributed by atoms with van der Waals surface area (Å²) in [6.07, 6.45) is 5.70. The number of carbonyl (C=O) groups is 1. The van der Waals surface area contributed by atoms with Crippen LogP contribution in [0, 0.1) is 0 Å². The lowest BCUT2D eigenvalue weighted by molar-refractivity contribution is -0.140. The molecule has 0 heterocycles. The van der Waals surface area contributed by atoms with Crippen molar-refractivity contribution in [1.29, 1.82) is 0 Å². The summed E-state index contributed by atoms with van der Waals surface area (Å²) in [5, 5.41) is 0. The van der Waals surface area contributed by atoms with E-state index in [2.05, 4.69) is 18.2 Å². The fourth-order valence-electron chi connectivity index (χ4n) is 1.42. The molecule has 1 rings (SSSR count). The zero-order chi connectivity index (χ0) is 13.1. The van der Waals surface area contributed by atoms with Crippen LogP contribution in [0.3, 0.4) is 0 Å². The van der Waals surface area contributed by atoms with Gasteiger partial charge in [-0.05, 0) is 18.4 Å². The molecule has 0 aromatic heterocycles. The van der Waals surface area contributed by atoms with E-state index < -0.39 is 0 Å². The van der Waals surface area contributed by atoms with Gasteiger partial charge in [-0.1, -0.05) is 42.5 Å². The first-order valence-corrected chi connectivity index (χ1v) is 6.19. The molecule has 0 aliphatic rings. The van der Waals surface area contributed by atoms with Crippen molar-refractivity contribution in [2.75, 3.05) is 13.2 Å². The molecule has 3 heteroatoms. The molecule has 0 saturated carbocycles. The van der Waals surface area contributed by atoms with Crippen molar-refractivity contribution < 1.29 is 14.3 Å². The van der Waals surface area contributed by atoms with Crippen LogP contribution in [0.5, 0.6) is 0 Å². The van der Waals surface area contributed by atoms with Gasteiger partial charge in [-0.15, -0.1) is 0 Å². The summed E-state index contributed by atoms with van der Waals surface area (Å²) in [4.78, 5) is 10.5. The van der Waals surface area contributed by atoms with E-state index in [1.807, 2.05) is 24.3 Å². The fraction of sp³-hybridized carbons (Fsp3) is 0.400. The minimum atomic E-state index is -0.227. The van der Waals surface area contributed by atoms with E-state index in [0.29, 0.717) is 19.8 Å². The molecule has 0 fully saturated rings. The van der Waals surface area contributed by atoms with E-state index in [-0.39, 0.29) is 5.97 Å². The Kier molecular flexibility index (Phi) is 7.57. The van der Waals surface area contributed by atoms with Gasteiger partial charge in [-0.25, -0.2) is 0 Å². The Balaban J connectivity index is 1.95. The summed E-state index contributed by atoms with van der Waals surface area (Å²) in [6.45, 7) is 3.24. The van der Waals surface area contributed by atoms with Gasteiger partial charge in [0.25, 0.3) is 0 Å². The highest BCUT2D eigenvalue weighted by atomic mass is 16.5. The summed E-state index contributed by atoms with van der Waals surface area (Å²) in [5.74, 6) is -0.227. The van der Waals surface area contributed by atoms with E-state index in [9.17, 15) is 4.79 Å². The lowest BCUT2D eigenvalue weighted by Crippen LogP contribution is -1.99. The number of carbonyl (C=O) groups excluding carboxylic acids is 1. The Bertz CT molecular complexity index is 357. The SMILES string of the molecule is CC(=O)OCCC=CCCOCc1ccccc1. The second-order valence-electron chi connectivity index (χ2n) is 3.93. The summed E-state index contributed by atoms with van der Waals surface area (Å²) < 4.78 is 10.3. The second kappa shape index (κ2) is 9.42. The van der Waals surface area contributed by atoms with Crippen LogP contribution in [0.2, 0.25) is 0 Å². The Morgan fingerprint density at radius 2 is 1.78 bits per heavy atom. The number of ether oxygens (including phenoxy) is 2. The highest BCUT2D eigenvalue weighted by molar-refractivity contribution is 5.65. The lowest BCUT2D eigenvalue weighted by Gasteiger charge is -2.02. The van der Waals surface area contributed by atoms with E-state index in [1.165, 1.54) is 12.5 Å². The minimum absolute atomic E-state index is 0.227. The van der Waals surface area contributed by atoms with Crippen molar-refractivity contribution in [3.63, 3.8) is 0 Å². The smallest absolute Gasteiger partial charge is 0.302 e. The monoisotopic (exact) mass is 248 g/mol. The molecule has 0 aliphatic carbocycles. The second-order valence-corrected chi connectivity index (χ2v) is 3.93.